The second kappa shape index (κ2) is 6.54. The zero-order valence-corrected chi connectivity index (χ0v) is 13.2. The van der Waals surface area contributed by atoms with Crippen LogP contribution in [0.4, 0.5) is 0 Å². The lowest BCUT2D eigenvalue weighted by molar-refractivity contribution is 0.316. The molecule has 0 spiro atoms. The van der Waals surface area contributed by atoms with E-state index in [2.05, 4.69) is 10.3 Å². The van der Waals surface area contributed by atoms with Crippen molar-refractivity contribution in [1.29, 1.82) is 0 Å². The third-order valence-electron chi connectivity index (χ3n) is 3.50. The summed E-state index contributed by atoms with van der Waals surface area (Å²) in [5.41, 5.74) is 0.881. The van der Waals surface area contributed by atoms with E-state index in [1.165, 1.54) is 4.31 Å². The van der Waals surface area contributed by atoms with Gasteiger partial charge in [-0.25, -0.2) is 8.42 Å². The van der Waals surface area contributed by atoms with Gasteiger partial charge in [-0.1, -0.05) is 20.8 Å². The molecule has 1 aromatic rings. The van der Waals surface area contributed by atoms with Gasteiger partial charge < -0.3 is 10.3 Å². The standard InChI is InChI=1S/C13H25N3O2S/c1-6-14-8-12-7-13(9-15-12)19(17,18)16(5)11(4)10(2)3/h7,9-11,14-15H,6,8H2,1-5H3. The normalized spacial score (nSPS) is 14.3. The molecule has 6 heteroatoms. The summed E-state index contributed by atoms with van der Waals surface area (Å²) in [5, 5.41) is 3.16. The van der Waals surface area contributed by atoms with Crippen molar-refractivity contribution < 1.29 is 8.42 Å². The molecule has 0 saturated heterocycles. The third kappa shape index (κ3) is 3.81. The summed E-state index contributed by atoms with van der Waals surface area (Å²) in [4.78, 5) is 3.33. The van der Waals surface area contributed by atoms with Crippen LogP contribution in [0.25, 0.3) is 0 Å². The van der Waals surface area contributed by atoms with E-state index >= 15 is 0 Å². The molecule has 110 valence electrons. The third-order valence-corrected chi connectivity index (χ3v) is 5.42. The monoisotopic (exact) mass is 287 g/mol. The predicted octanol–water partition coefficient (Wildman–Crippen LogP) is 1.79. The van der Waals surface area contributed by atoms with Crippen molar-refractivity contribution in [3.8, 4) is 0 Å². The van der Waals surface area contributed by atoms with Crippen LogP contribution in [0.2, 0.25) is 0 Å². The van der Waals surface area contributed by atoms with Crippen LogP contribution >= 0.6 is 0 Å². The van der Waals surface area contributed by atoms with Gasteiger partial charge in [-0.3, -0.25) is 0 Å². The van der Waals surface area contributed by atoms with Crippen LogP contribution in [0.3, 0.4) is 0 Å². The maximum absolute atomic E-state index is 12.5. The van der Waals surface area contributed by atoms with Gasteiger partial charge in [0, 0.05) is 31.5 Å². The summed E-state index contributed by atoms with van der Waals surface area (Å²) in [5.74, 6) is 0.278. The van der Waals surface area contributed by atoms with Gasteiger partial charge in [-0.15, -0.1) is 0 Å². The van der Waals surface area contributed by atoms with E-state index in [1.54, 1.807) is 19.3 Å². The molecular formula is C13H25N3O2S. The quantitative estimate of drug-likeness (QED) is 0.803. The highest BCUT2D eigenvalue weighted by molar-refractivity contribution is 7.89. The molecule has 0 fully saturated rings. The van der Waals surface area contributed by atoms with Crippen molar-refractivity contribution in [3.63, 3.8) is 0 Å². The number of rotatable bonds is 7. The van der Waals surface area contributed by atoms with Crippen molar-refractivity contribution >= 4 is 10.0 Å². The Bertz CT molecular complexity index is 494. The summed E-state index contributed by atoms with van der Waals surface area (Å²) < 4.78 is 26.3. The average Bonchev–Trinajstić information content (AvgIpc) is 2.83. The number of nitrogens with one attached hydrogen (secondary N) is 2. The SMILES string of the molecule is CCNCc1cc(S(=O)(=O)N(C)C(C)C(C)C)c[nH]1. The van der Waals surface area contributed by atoms with E-state index in [4.69, 9.17) is 0 Å². The maximum atomic E-state index is 12.5. The molecule has 1 rings (SSSR count). The highest BCUT2D eigenvalue weighted by atomic mass is 32.2. The Kier molecular flexibility index (Phi) is 5.58. The summed E-state index contributed by atoms with van der Waals surface area (Å²) in [6.45, 7) is 9.47. The number of aromatic amines is 1. The molecule has 0 bridgehead atoms. The van der Waals surface area contributed by atoms with Crippen LogP contribution in [0.15, 0.2) is 17.2 Å². The van der Waals surface area contributed by atoms with E-state index < -0.39 is 10.0 Å². The smallest absolute Gasteiger partial charge is 0.244 e. The Morgan fingerprint density at radius 1 is 1.37 bits per heavy atom. The van der Waals surface area contributed by atoms with Crippen molar-refractivity contribution in [2.45, 2.75) is 45.2 Å². The molecule has 19 heavy (non-hydrogen) atoms. The van der Waals surface area contributed by atoms with Crippen LogP contribution < -0.4 is 5.32 Å². The lowest BCUT2D eigenvalue weighted by atomic mass is 10.1. The molecule has 1 atom stereocenters. The molecule has 0 aliphatic rings. The van der Waals surface area contributed by atoms with Gasteiger partial charge in [0.15, 0.2) is 0 Å². The van der Waals surface area contributed by atoms with Gasteiger partial charge in [0.2, 0.25) is 10.0 Å². The molecule has 5 nitrogen and oxygen atoms in total. The van der Waals surface area contributed by atoms with Gasteiger partial charge in [0.25, 0.3) is 0 Å². The van der Waals surface area contributed by atoms with Crippen LogP contribution in [0.1, 0.15) is 33.4 Å². The minimum atomic E-state index is -3.41. The Hall–Kier alpha value is -0.850. The van der Waals surface area contributed by atoms with Crippen molar-refractivity contribution in [3.05, 3.63) is 18.0 Å². The van der Waals surface area contributed by atoms with Gasteiger partial charge in [-0.2, -0.15) is 4.31 Å². The van der Waals surface area contributed by atoms with Crippen LogP contribution in [0.5, 0.6) is 0 Å². The molecule has 0 radical (unpaired) electrons. The largest absolute Gasteiger partial charge is 0.363 e. The Labute approximate surface area is 116 Å². The summed E-state index contributed by atoms with van der Waals surface area (Å²) in [6, 6.07) is 1.67. The highest BCUT2D eigenvalue weighted by Gasteiger charge is 2.27. The Morgan fingerprint density at radius 3 is 2.53 bits per heavy atom. The number of hydrogen-bond donors (Lipinski definition) is 2. The van der Waals surface area contributed by atoms with E-state index in [0.717, 1.165) is 12.2 Å². The highest BCUT2D eigenvalue weighted by Crippen LogP contribution is 2.20. The van der Waals surface area contributed by atoms with Gasteiger partial charge in [0.05, 0.1) is 4.90 Å². The first-order valence-electron chi connectivity index (χ1n) is 6.66. The number of aromatic nitrogens is 1. The van der Waals surface area contributed by atoms with Gasteiger partial charge in [-0.05, 0) is 25.5 Å². The number of hydrogen-bond acceptors (Lipinski definition) is 3. The second-order valence-corrected chi connectivity index (χ2v) is 7.14. The van der Waals surface area contributed by atoms with Crippen molar-refractivity contribution in [2.75, 3.05) is 13.6 Å². The predicted molar refractivity (Wildman–Crippen MR) is 77.4 cm³/mol. The van der Waals surface area contributed by atoms with Crippen LogP contribution in [-0.4, -0.2) is 37.3 Å². The molecule has 0 saturated carbocycles. The molecule has 0 aliphatic carbocycles. The summed E-state index contributed by atoms with van der Waals surface area (Å²) >= 11 is 0. The first-order valence-corrected chi connectivity index (χ1v) is 8.10. The average molecular weight is 287 g/mol. The molecule has 2 N–H and O–H groups in total. The fourth-order valence-corrected chi connectivity index (χ4v) is 3.25. The van der Waals surface area contributed by atoms with Crippen molar-refractivity contribution in [1.82, 2.24) is 14.6 Å². The zero-order chi connectivity index (χ0) is 14.6. The lowest BCUT2D eigenvalue weighted by Crippen LogP contribution is -2.38. The maximum Gasteiger partial charge on any atom is 0.244 e. The first-order chi connectivity index (χ1) is 8.80. The second-order valence-electron chi connectivity index (χ2n) is 5.15. The molecule has 0 aliphatic heterocycles. The van der Waals surface area contributed by atoms with E-state index in [-0.39, 0.29) is 12.0 Å². The number of sulfonamides is 1. The Morgan fingerprint density at radius 2 is 2.00 bits per heavy atom. The number of H-pyrrole nitrogens is 1. The zero-order valence-electron chi connectivity index (χ0n) is 12.4. The van der Waals surface area contributed by atoms with Crippen LogP contribution in [-0.2, 0) is 16.6 Å². The van der Waals surface area contributed by atoms with Gasteiger partial charge in [0.1, 0.15) is 0 Å². The molecule has 0 amide bonds. The molecule has 1 aromatic heterocycles. The first kappa shape index (κ1) is 16.2. The molecule has 1 unspecified atom stereocenters. The number of nitrogens with zero attached hydrogens (tertiary/aromatic N) is 1. The fraction of sp³-hybridized carbons (Fsp3) is 0.692. The Balaban J connectivity index is 2.91. The molecule has 0 aromatic carbocycles. The van der Waals surface area contributed by atoms with E-state index in [9.17, 15) is 8.42 Å². The van der Waals surface area contributed by atoms with Crippen molar-refractivity contribution in [2.24, 2.45) is 5.92 Å². The van der Waals surface area contributed by atoms with E-state index in [0.29, 0.717) is 11.4 Å². The fourth-order valence-electron chi connectivity index (χ4n) is 1.73. The topological polar surface area (TPSA) is 65.2 Å². The van der Waals surface area contributed by atoms with E-state index in [1.807, 2.05) is 27.7 Å². The van der Waals surface area contributed by atoms with Crippen LogP contribution in [0, 0.1) is 5.92 Å². The summed E-state index contributed by atoms with van der Waals surface area (Å²) in [6.07, 6.45) is 1.56. The lowest BCUT2D eigenvalue weighted by Gasteiger charge is -2.26. The molecule has 1 heterocycles. The van der Waals surface area contributed by atoms with Gasteiger partial charge >= 0.3 is 0 Å². The minimum Gasteiger partial charge on any atom is -0.363 e. The summed E-state index contributed by atoms with van der Waals surface area (Å²) in [7, 11) is -1.78. The molecular weight excluding hydrogens is 262 g/mol. The minimum absolute atomic E-state index is 0.0304.